The Labute approximate surface area is 93.8 Å². The highest BCUT2D eigenvalue weighted by molar-refractivity contribution is 9.10. The molecule has 0 amide bonds. The number of hydrogen-bond donors (Lipinski definition) is 0. The summed E-state index contributed by atoms with van der Waals surface area (Å²) in [7, 11) is 2.21. The van der Waals surface area contributed by atoms with E-state index in [2.05, 4.69) is 25.4 Å². The lowest BCUT2D eigenvalue weighted by molar-refractivity contribution is -0.145. The van der Waals surface area contributed by atoms with Gasteiger partial charge in [-0.25, -0.2) is 4.79 Å². The molecular weight excluding hydrogens is 279 g/mol. The number of ether oxygens (including phenoxy) is 2. The van der Waals surface area contributed by atoms with Crippen LogP contribution in [0.2, 0.25) is 0 Å². The van der Waals surface area contributed by atoms with Crippen molar-refractivity contribution in [1.82, 2.24) is 0 Å². The molecule has 0 fully saturated rings. The van der Waals surface area contributed by atoms with E-state index in [1.54, 1.807) is 0 Å². The Kier molecular flexibility index (Phi) is 5.71. The molecule has 0 N–H and O–H groups in total. The number of methoxy groups -OCH3 is 2. The molecule has 0 spiro atoms. The molecule has 0 aliphatic heterocycles. The maximum atomic E-state index is 11.3. The summed E-state index contributed by atoms with van der Waals surface area (Å²) in [6.45, 7) is 0. The summed E-state index contributed by atoms with van der Waals surface area (Å²) in [6, 6.07) is 0. The molecule has 0 bridgehead atoms. The standard InChI is InChI=1S/C7H8BrClO5/c1-13-6(11)3(8)5(10)4(9)7(12)14-2/h3-4H,1-2H3. The van der Waals surface area contributed by atoms with Gasteiger partial charge in [0.25, 0.3) is 0 Å². The second kappa shape index (κ2) is 5.98. The van der Waals surface area contributed by atoms with Gasteiger partial charge in [-0.1, -0.05) is 15.9 Å². The molecular formula is C7H8BrClO5. The first-order valence-corrected chi connectivity index (χ1v) is 4.78. The largest absolute Gasteiger partial charge is 0.468 e. The number of rotatable bonds is 4. The fourth-order valence-corrected chi connectivity index (χ4v) is 1.39. The van der Waals surface area contributed by atoms with Crippen molar-refractivity contribution in [3.8, 4) is 0 Å². The van der Waals surface area contributed by atoms with Crippen LogP contribution in [0.25, 0.3) is 0 Å². The van der Waals surface area contributed by atoms with Crippen molar-refractivity contribution >= 4 is 45.3 Å². The number of hydrogen-bond acceptors (Lipinski definition) is 5. The Bertz CT molecular complexity index is 230. The summed E-state index contributed by atoms with van der Waals surface area (Å²) in [5, 5.41) is -1.51. The van der Waals surface area contributed by atoms with Crippen LogP contribution in [-0.4, -0.2) is 42.1 Å². The molecule has 0 radical (unpaired) electrons. The van der Waals surface area contributed by atoms with Gasteiger partial charge in [-0.15, -0.1) is 11.6 Å². The van der Waals surface area contributed by atoms with Crippen molar-refractivity contribution in [3.05, 3.63) is 0 Å². The van der Waals surface area contributed by atoms with Crippen LogP contribution in [0.5, 0.6) is 0 Å². The van der Waals surface area contributed by atoms with Crippen LogP contribution in [-0.2, 0) is 23.9 Å². The van der Waals surface area contributed by atoms with Crippen LogP contribution < -0.4 is 0 Å². The van der Waals surface area contributed by atoms with Crippen LogP contribution >= 0.6 is 27.5 Å². The van der Waals surface area contributed by atoms with Gasteiger partial charge >= 0.3 is 11.9 Å². The maximum absolute atomic E-state index is 11.3. The van der Waals surface area contributed by atoms with E-state index < -0.39 is 27.9 Å². The van der Waals surface area contributed by atoms with Crippen molar-refractivity contribution in [2.24, 2.45) is 0 Å². The quantitative estimate of drug-likeness (QED) is 0.422. The third kappa shape index (κ3) is 3.26. The molecule has 0 rings (SSSR count). The molecule has 14 heavy (non-hydrogen) atoms. The van der Waals surface area contributed by atoms with Crippen LogP contribution in [0.15, 0.2) is 0 Å². The summed E-state index contributed by atoms with van der Waals surface area (Å²) in [5.41, 5.74) is 0. The van der Waals surface area contributed by atoms with Gasteiger partial charge in [0.15, 0.2) is 16.0 Å². The second-order valence-corrected chi connectivity index (χ2v) is 3.53. The number of carbonyl (C=O) groups excluding carboxylic acids is 3. The van der Waals surface area contributed by atoms with Gasteiger partial charge in [-0.3, -0.25) is 9.59 Å². The SMILES string of the molecule is COC(=O)C(Cl)C(=O)C(Br)C(=O)OC. The van der Waals surface area contributed by atoms with E-state index in [4.69, 9.17) is 11.6 Å². The Morgan fingerprint density at radius 1 is 1.14 bits per heavy atom. The van der Waals surface area contributed by atoms with Crippen molar-refractivity contribution < 1.29 is 23.9 Å². The van der Waals surface area contributed by atoms with Crippen LogP contribution in [0, 0.1) is 0 Å². The van der Waals surface area contributed by atoms with E-state index >= 15 is 0 Å². The summed E-state index contributed by atoms with van der Waals surface area (Å²) < 4.78 is 8.51. The van der Waals surface area contributed by atoms with E-state index in [1.807, 2.05) is 0 Å². The molecule has 0 saturated heterocycles. The second-order valence-electron chi connectivity index (χ2n) is 2.17. The molecule has 0 heterocycles. The van der Waals surface area contributed by atoms with E-state index in [1.165, 1.54) is 0 Å². The average Bonchev–Trinajstić information content (AvgIpc) is 2.23. The molecule has 5 nitrogen and oxygen atoms in total. The highest BCUT2D eigenvalue weighted by atomic mass is 79.9. The van der Waals surface area contributed by atoms with Crippen LogP contribution in [0.3, 0.4) is 0 Å². The first kappa shape index (κ1) is 13.4. The number of carbonyl (C=O) groups is 3. The Balaban J connectivity index is 4.46. The van der Waals surface area contributed by atoms with Crippen LogP contribution in [0.4, 0.5) is 0 Å². The third-order valence-corrected chi connectivity index (χ3v) is 2.53. The Morgan fingerprint density at radius 2 is 1.57 bits per heavy atom. The fourth-order valence-electron chi connectivity index (χ4n) is 0.568. The maximum Gasteiger partial charge on any atom is 0.331 e. The summed E-state index contributed by atoms with van der Waals surface area (Å²) in [5.74, 6) is -2.54. The van der Waals surface area contributed by atoms with Gasteiger partial charge in [-0.05, 0) is 0 Å². The monoisotopic (exact) mass is 286 g/mol. The minimum Gasteiger partial charge on any atom is -0.468 e. The first-order valence-electron chi connectivity index (χ1n) is 3.43. The van der Waals surface area contributed by atoms with E-state index in [9.17, 15) is 14.4 Å². The third-order valence-electron chi connectivity index (χ3n) is 1.32. The average molecular weight is 287 g/mol. The van der Waals surface area contributed by atoms with Crippen LogP contribution in [0.1, 0.15) is 0 Å². The van der Waals surface area contributed by atoms with Gasteiger partial charge in [0.05, 0.1) is 14.2 Å². The summed E-state index contributed by atoms with van der Waals surface area (Å²) in [6.07, 6.45) is 0. The predicted octanol–water partition coefficient (Wildman–Crippen LogP) is 0.272. The highest BCUT2D eigenvalue weighted by Gasteiger charge is 2.34. The van der Waals surface area contributed by atoms with Gasteiger partial charge in [0, 0.05) is 0 Å². The zero-order valence-corrected chi connectivity index (χ0v) is 9.79. The van der Waals surface area contributed by atoms with Crippen molar-refractivity contribution in [3.63, 3.8) is 0 Å². The zero-order valence-electron chi connectivity index (χ0n) is 7.45. The molecule has 0 aromatic heterocycles. The lowest BCUT2D eigenvalue weighted by Gasteiger charge is -2.09. The van der Waals surface area contributed by atoms with Gasteiger partial charge in [0.1, 0.15) is 0 Å². The molecule has 80 valence electrons. The van der Waals surface area contributed by atoms with Crippen molar-refractivity contribution in [2.75, 3.05) is 14.2 Å². The number of Topliss-reactive ketones (excluding diaryl/α,β-unsaturated/α-hetero) is 1. The molecule has 0 aliphatic carbocycles. The van der Waals surface area contributed by atoms with E-state index in [0.29, 0.717) is 0 Å². The minimum atomic E-state index is -1.51. The molecule has 0 aromatic rings. The van der Waals surface area contributed by atoms with E-state index in [-0.39, 0.29) is 0 Å². The lowest BCUT2D eigenvalue weighted by atomic mass is 10.2. The molecule has 2 atom stereocenters. The Morgan fingerprint density at radius 3 is 1.93 bits per heavy atom. The van der Waals surface area contributed by atoms with Gasteiger partial charge in [0.2, 0.25) is 0 Å². The first-order chi connectivity index (χ1) is 6.45. The minimum absolute atomic E-state index is 0.814. The summed E-state index contributed by atoms with van der Waals surface area (Å²) in [4.78, 5) is 31.7. The predicted molar refractivity (Wildman–Crippen MR) is 51.4 cm³/mol. The molecule has 0 saturated carbocycles. The van der Waals surface area contributed by atoms with Crippen molar-refractivity contribution in [1.29, 1.82) is 0 Å². The summed E-state index contributed by atoms with van der Waals surface area (Å²) >= 11 is 8.17. The molecule has 0 aromatic carbocycles. The fraction of sp³-hybridized carbons (Fsp3) is 0.571. The molecule has 2 unspecified atom stereocenters. The van der Waals surface area contributed by atoms with E-state index in [0.717, 1.165) is 14.2 Å². The lowest BCUT2D eigenvalue weighted by Crippen LogP contribution is -2.36. The number of esters is 2. The van der Waals surface area contributed by atoms with Gasteiger partial charge in [-0.2, -0.15) is 0 Å². The van der Waals surface area contributed by atoms with Gasteiger partial charge < -0.3 is 9.47 Å². The number of alkyl halides is 2. The zero-order chi connectivity index (χ0) is 11.3. The topological polar surface area (TPSA) is 69.7 Å². The normalized spacial score (nSPS) is 14.0. The molecule has 7 heteroatoms. The smallest absolute Gasteiger partial charge is 0.331 e. The number of ketones is 1. The number of halogens is 2. The highest BCUT2D eigenvalue weighted by Crippen LogP contribution is 2.11. The van der Waals surface area contributed by atoms with Crippen molar-refractivity contribution in [2.45, 2.75) is 10.2 Å². The Hall–Kier alpha value is -0.620. The molecule has 0 aliphatic rings.